The van der Waals surface area contributed by atoms with Crippen LogP contribution in [0.2, 0.25) is 0 Å². The fourth-order valence-electron chi connectivity index (χ4n) is 1.21. The molecule has 1 unspecified atom stereocenters. The minimum Gasteiger partial charge on any atom is -0.381 e. The molecule has 0 saturated carbocycles. The molecule has 0 bridgehead atoms. The SMILES string of the molecule is CCCOCC(CC=O)CCC. The first kappa shape index (κ1) is 11.6. The molecule has 0 heterocycles. The summed E-state index contributed by atoms with van der Waals surface area (Å²) in [4.78, 5) is 10.3. The second-order valence-corrected chi connectivity index (χ2v) is 3.13. The molecule has 12 heavy (non-hydrogen) atoms. The summed E-state index contributed by atoms with van der Waals surface area (Å²) in [5.41, 5.74) is 0. The molecule has 0 aliphatic carbocycles. The van der Waals surface area contributed by atoms with Crippen molar-refractivity contribution >= 4 is 6.29 Å². The van der Waals surface area contributed by atoms with Gasteiger partial charge >= 0.3 is 0 Å². The third-order valence-corrected chi connectivity index (χ3v) is 1.83. The van der Waals surface area contributed by atoms with Gasteiger partial charge in [0.2, 0.25) is 0 Å². The molecule has 0 saturated heterocycles. The highest BCUT2D eigenvalue weighted by Crippen LogP contribution is 2.09. The highest BCUT2D eigenvalue weighted by Gasteiger charge is 2.06. The molecule has 2 heteroatoms. The Bertz CT molecular complexity index is 102. The smallest absolute Gasteiger partial charge is 0.120 e. The lowest BCUT2D eigenvalue weighted by Crippen LogP contribution is -2.10. The van der Waals surface area contributed by atoms with Gasteiger partial charge in [0, 0.05) is 19.6 Å². The monoisotopic (exact) mass is 172 g/mol. The van der Waals surface area contributed by atoms with Crippen molar-refractivity contribution < 1.29 is 9.53 Å². The molecule has 0 spiro atoms. The van der Waals surface area contributed by atoms with E-state index in [4.69, 9.17) is 4.74 Å². The number of rotatable bonds is 8. The first-order valence-corrected chi connectivity index (χ1v) is 4.86. The normalized spacial score (nSPS) is 12.8. The van der Waals surface area contributed by atoms with E-state index in [-0.39, 0.29) is 0 Å². The fraction of sp³-hybridized carbons (Fsp3) is 0.900. The molecule has 0 aliphatic rings. The van der Waals surface area contributed by atoms with Crippen LogP contribution in [0.5, 0.6) is 0 Å². The van der Waals surface area contributed by atoms with Crippen molar-refractivity contribution in [3.8, 4) is 0 Å². The molecule has 0 aromatic heterocycles. The van der Waals surface area contributed by atoms with E-state index in [1.54, 1.807) is 0 Å². The lowest BCUT2D eigenvalue weighted by atomic mass is 10.0. The number of hydrogen-bond acceptors (Lipinski definition) is 2. The summed E-state index contributed by atoms with van der Waals surface area (Å²) in [6.07, 6.45) is 4.93. The van der Waals surface area contributed by atoms with Crippen molar-refractivity contribution in [1.29, 1.82) is 0 Å². The predicted octanol–water partition coefficient (Wildman–Crippen LogP) is 2.42. The van der Waals surface area contributed by atoms with Gasteiger partial charge in [0.05, 0.1) is 0 Å². The molecule has 72 valence electrons. The average molecular weight is 172 g/mol. The van der Waals surface area contributed by atoms with Gasteiger partial charge in [-0.05, 0) is 18.8 Å². The Kier molecular flexibility index (Phi) is 8.46. The summed E-state index contributed by atoms with van der Waals surface area (Å²) in [6.45, 7) is 5.80. The first-order valence-electron chi connectivity index (χ1n) is 4.86. The van der Waals surface area contributed by atoms with Gasteiger partial charge in [-0.15, -0.1) is 0 Å². The van der Waals surface area contributed by atoms with Gasteiger partial charge in [0.1, 0.15) is 6.29 Å². The summed E-state index contributed by atoms with van der Waals surface area (Å²) >= 11 is 0. The third kappa shape index (κ3) is 6.35. The fourth-order valence-corrected chi connectivity index (χ4v) is 1.21. The van der Waals surface area contributed by atoms with Gasteiger partial charge in [-0.1, -0.05) is 20.3 Å². The van der Waals surface area contributed by atoms with E-state index in [2.05, 4.69) is 13.8 Å². The van der Waals surface area contributed by atoms with Gasteiger partial charge in [-0.25, -0.2) is 0 Å². The quantitative estimate of drug-likeness (QED) is 0.415. The largest absolute Gasteiger partial charge is 0.381 e. The number of aldehydes is 1. The van der Waals surface area contributed by atoms with Crippen LogP contribution in [0.15, 0.2) is 0 Å². The van der Waals surface area contributed by atoms with Crippen LogP contribution in [-0.2, 0) is 9.53 Å². The highest BCUT2D eigenvalue weighted by atomic mass is 16.5. The van der Waals surface area contributed by atoms with Crippen LogP contribution in [0, 0.1) is 5.92 Å². The Balaban J connectivity index is 3.40. The van der Waals surface area contributed by atoms with Crippen molar-refractivity contribution in [2.24, 2.45) is 5.92 Å². The first-order chi connectivity index (χ1) is 5.85. The molecule has 0 aromatic rings. The van der Waals surface area contributed by atoms with Crippen molar-refractivity contribution in [3.05, 3.63) is 0 Å². The van der Waals surface area contributed by atoms with Crippen LogP contribution in [0.1, 0.15) is 39.5 Å². The highest BCUT2D eigenvalue weighted by molar-refractivity contribution is 5.49. The van der Waals surface area contributed by atoms with Crippen LogP contribution in [0.4, 0.5) is 0 Å². The number of hydrogen-bond donors (Lipinski definition) is 0. The second kappa shape index (κ2) is 8.72. The molecule has 0 aromatic carbocycles. The minimum absolute atomic E-state index is 0.444. The van der Waals surface area contributed by atoms with E-state index in [0.29, 0.717) is 12.3 Å². The van der Waals surface area contributed by atoms with E-state index in [9.17, 15) is 4.79 Å². The topological polar surface area (TPSA) is 26.3 Å². The molecule has 0 rings (SSSR count). The van der Waals surface area contributed by atoms with Crippen LogP contribution in [-0.4, -0.2) is 19.5 Å². The molecule has 0 N–H and O–H groups in total. The van der Waals surface area contributed by atoms with Gasteiger partial charge in [-0.3, -0.25) is 0 Å². The Labute approximate surface area is 75.3 Å². The third-order valence-electron chi connectivity index (χ3n) is 1.83. The zero-order valence-electron chi connectivity index (χ0n) is 8.21. The van der Waals surface area contributed by atoms with Gasteiger partial charge < -0.3 is 9.53 Å². The summed E-state index contributed by atoms with van der Waals surface area (Å²) in [5, 5.41) is 0. The maximum atomic E-state index is 10.3. The molecule has 2 nitrogen and oxygen atoms in total. The molecule has 0 aliphatic heterocycles. The Hall–Kier alpha value is -0.370. The minimum atomic E-state index is 0.444. The van der Waals surface area contributed by atoms with E-state index < -0.39 is 0 Å². The molecular formula is C10H20O2. The number of carbonyl (C=O) groups is 1. The van der Waals surface area contributed by atoms with Crippen molar-refractivity contribution in [1.82, 2.24) is 0 Å². The summed E-state index contributed by atoms with van der Waals surface area (Å²) in [7, 11) is 0. The van der Waals surface area contributed by atoms with Crippen molar-refractivity contribution in [3.63, 3.8) is 0 Å². The average Bonchev–Trinajstić information content (AvgIpc) is 2.06. The number of carbonyl (C=O) groups excluding carboxylic acids is 1. The van der Waals surface area contributed by atoms with Gasteiger partial charge in [0.25, 0.3) is 0 Å². The standard InChI is InChI=1S/C10H20O2/c1-3-5-10(6-7-11)9-12-8-4-2/h7,10H,3-6,8-9H2,1-2H3. The Morgan fingerprint density at radius 2 is 2.08 bits per heavy atom. The summed E-state index contributed by atoms with van der Waals surface area (Å²) in [6, 6.07) is 0. The Morgan fingerprint density at radius 3 is 2.58 bits per heavy atom. The summed E-state index contributed by atoms with van der Waals surface area (Å²) in [5.74, 6) is 0.444. The van der Waals surface area contributed by atoms with Crippen LogP contribution < -0.4 is 0 Å². The zero-order chi connectivity index (χ0) is 9.23. The van der Waals surface area contributed by atoms with Gasteiger partial charge in [0.15, 0.2) is 0 Å². The zero-order valence-corrected chi connectivity index (χ0v) is 8.21. The van der Waals surface area contributed by atoms with Gasteiger partial charge in [-0.2, -0.15) is 0 Å². The Morgan fingerprint density at radius 1 is 1.33 bits per heavy atom. The molecule has 0 fully saturated rings. The van der Waals surface area contributed by atoms with E-state index in [1.807, 2.05) is 0 Å². The molecule has 0 amide bonds. The maximum absolute atomic E-state index is 10.3. The van der Waals surface area contributed by atoms with Crippen LogP contribution in [0.25, 0.3) is 0 Å². The lowest BCUT2D eigenvalue weighted by molar-refractivity contribution is -0.109. The molecule has 0 radical (unpaired) electrons. The van der Waals surface area contributed by atoms with Crippen LogP contribution in [0.3, 0.4) is 0 Å². The van der Waals surface area contributed by atoms with Crippen LogP contribution >= 0.6 is 0 Å². The molecular weight excluding hydrogens is 152 g/mol. The van der Waals surface area contributed by atoms with E-state index in [1.165, 1.54) is 0 Å². The summed E-state index contributed by atoms with van der Waals surface area (Å²) < 4.78 is 5.39. The lowest BCUT2D eigenvalue weighted by Gasteiger charge is -2.12. The second-order valence-electron chi connectivity index (χ2n) is 3.13. The van der Waals surface area contributed by atoms with E-state index >= 15 is 0 Å². The maximum Gasteiger partial charge on any atom is 0.120 e. The number of ether oxygens (including phenoxy) is 1. The van der Waals surface area contributed by atoms with Crippen molar-refractivity contribution in [2.45, 2.75) is 39.5 Å². The van der Waals surface area contributed by atoms with E-state index in [0.717, 1.165) is 38.8 Å². The predicted molar refractivity (Wildman–Crippen MR) is 50.2 cm³/mol. The van der Waals surface area contributed by atoms with Crippen molar-refractivity contribution in [2.75, 3.05) is 13.2 Å². The molecule has 1 atom stereocenters.